The topological polar surface area (TPSA) is 50.7 Å². The number of hydrogen-bond donors (Lipinski definition) is 1. The molecule has 2 aromatic rings. The molecule has 0 heterocycles. The monoisotopic (exact) mass is 548 g/mol. The number of rotatable bonds is 11. The van der Waals surface area contributed by atoms with Crippen LogP contribution >= 0.6 is 23.5 Å². The first-order chi connectivity index (χ1) is 17.3. The Balaban J connectivity index is 1.58. The highest BCUT2D eigenvalue weighted by molar-refractivity contribution is 8.00. The van der Waals surface area contributed by atoms with E-state index in [9.17, 15) is 13.0 Å². The summed E-state index contributed by atoms with van der Waals surface area (Å²) < 4.78 is 47.4. The minimum atomic E-state index is -2.52. The first kappa shape index (κ1) is 28.2. The predicted octanol–water partition coefficient (Wildman–Crippen LogP) is 8.17. The fraction of sp³-hybridized carbons (Fsp3) is 0.296. The lowest BCUT2D eigenvalue weighted by Gasteiger charge is -2.16. The Labute approximate surface area is 223 Å². The van der Waals surface area contributed by atoms with Gasteiger partial charge in [0, 0.05) is 38.9 Å². The summed E-state index contributed by atoms with van der Waals surface area (Å²) in [5.74, 6) is 1.59. The zero-order valence-corrected chi connectivity index (χ0v) is 22.9. The number of thioether (sulfide) groups is 2. The second-order valence-corrected chi connectivity index (χ2v) is 11.3. The number of allylic oxidation sites excluding steroid dienone is 3. The third-order valence-corrected chi connectivity index (χ3v) is 8.37. The average Bonchev–Trinajstić information content (AvgIpc) is 3.08. The number of halogens is 2. The molecule has 0 spiro atoms. The van der Waals surface area contributed by atoms with Gasteiger partial charge in [-0.3, -0.25) is 4.99 Å². The maximum Gasteiger partial charge on any atom is 0.263 e. The Bertz CT molecular complexity index is 1160. The number of nitrogens with one attached hydrogen (secondary N) is 1. The summed E-state index contributed by atoms with van der Waals surface area (Å²) in [4.78, 5) is 6.97. The molecular formula is C27H30F2N2O2S3. The highest BCUT2D eigenvalue weighted by Crippen LogP contribution is 2.32. The van der Waals surface area contributed by atoms with Crippen LogP contribution in [0.15, 0.2) is 92.7 Å². The van der Waals surface area contributed by atoms with Gasteiger partial charge >= 0.3 is 0 Å². The molecule has 4 nitrogen and oxygen atoms in total. The molecule has 0 bridgehead atoms. The van der Waals surface area contributed by atoms with E-state index in [1.165, 1.54) is 23.9 Å². The molecule has 0 aliphatic heterocycles. The van der Waals surface area contributed by atoms with E-state index in [0.717, 1.165) is 21.9 Å². The van der Waals surface area contributed by atoms with E-state index in [4.69, 9.17) is 4.74 Å². The minimum Gasteiger partial charge on any atom is -0.501 e. The van der Waals surface area contributed by atoms with Crippen LogP contribution < -0.4 is 4.72 Å². The van der Waals surface area contributed by atoms with Crippen molar-refractivity contribution in [2.75, 3.05) is 23.8 Å². The molecule has 1 aliphatic carbocycles. The van der Waals surface area contributed by atoms with Crippen LogP contribution in [0.3, 0.4) is 0 Å². The van der Waals surface area contributed by atoms with Crippen molar-refractivity contribution < 1.29 is 17.7 Å². The molecule has 3 atom stereocenters. The lowest BCUT2D eigenvalue weighted by Crippen LogP contribution is -2.09. The molecule has 192 valence electrons. The summed E-state index contributed by atoms with van der Waals surface area (Å²) in [6.45, 7) is 6.08. The largest absolute Gasteiger partial charge is 0.501 e. The summed E-state index contributed by atoms with van der Waals surface area (Å²) in [5, 5.41) is 0. The van der Waals surface area contributed by atoms with E-state index < -0.39 is 17.4 Å². The van der Waals surface area contributed by atoms with E-state index in [1.807, 2.05) is 42.7 Å². The minimum absolute atomic E-state index is 0.00559. The van der Waals surface area contributed by atoms with Crippen LogP contribution in [0, 0.1) is 11.8 Å². The fourth-order valence-electron chi connectivity index (χ4n) is 3.56. The van der Waals surface area contributed by atoms with Gasteiger partial charge in [0.05, 0.1) is 23.5 Å². The van der Waals surface area contributed by atoms with E-state index >= 15 is 0 Å². The van der Waals surface area contributed by atoms with Crippen LogP contribution in [0.25, 0.3) is 0 Å². The molecule has 3 rings (SSSR count). The molecule has 0 fully saturated rings. The third kappa shape index (κ3) is 8.08. The third-order valence-electron chi connectivity index (χ3n) is 5.54. The van der Waals surface area contributed by atoms with Crippen LogP contribution in [0.2, 0.25) is 0 Å². The molecule has 9 heteroatoms. The lowest BCUT2D eigenvalue weighted by atomic mass is 9.96. The van der Waals surface area contributed by atoms with Crippen molar-refractivity contribution in [3.63, 3.8) is 0 Å². The standard InChI is InChI=1S/C27H30F2N2O2S3/c1-18-5-11-24(16-21(15-18)19(2)33-3)36(32)31-22-7-9-23(10-8-22)35-14-13-30-25-17-20(27(28)29)6-12-26(25)34-4/h5-13,16-18,21,27,31H,2,14-15H2,1,3-4H3. The summed E-state index contributed by atoms with van der Waals surface area (Å²) in [5.41, 5.74) is 1.26. The molecule has 0 saturated heterocycles. The van der Waals surface area contributed by atoms with E-state index in [2.05, 4.69) is 29.3 Å². The van der Waals surface area contributed by atoms with Crippen molar-refractivity contribution in [2.24, 2.45) is 16.8 Å². The lowest BCUT2D eigenvalue weighted by molar-refractivity contribution is 0.151. The van der Waals surface area contributed by atoms with Gasteiger partial charge < -0.3 is 9.46 Å². The Morgan fingerprint density at radius 3 is 2.72 bits per heavy atom. The van der Waals surface area contributed by atoms with E-state index in [-0.39, 0.29) is 11.5 Å². The molecule has 0 radical (unpaired) electrons. The number of anilines is 1. The first-order valence-corrected chi connectivity index (χ1v) is 14.7. The van der Waals surface area contributed by atoms with Gasteiger partial charge in [-0.2, -0.15) is 0 Å². The van der Waals surface area contributed by atoms with Crippen LogP contribution in [-0.2, 0) is 15.7 Å². The molecule has 0 aromatic heterocycles. The Kier molecular flexibility index (Phi) is 10.8. The van der Waals surface area contributed by atoms with Gasteiger partial charge in [-0.25, -0.2) is 13.0 Å². The Morgan fingerprint density at radius 2 is 2.06 bits per heavy atom. The quantitative estimate of drug-likeness (QED) is 0.175. The smallest absolute Gasteiger partial charge is 0.263 e. The van der Waals surface area contributed by atoms with E-state index in [1.54, 1.807) is 31.2 Å². The van der Waals surface area contributed by atoms with Gasteiger partial charge in [0.2, 0.25) is 0 Å². The number of benzene rings is 2. The molecule has 1 aliphatic rings. The average molecular weight is 549 g/mol. The van der Waals surface area contributed by atoms with Gasteiger partial charge in [-0.15, -0.1) is 23.5 Å². The van der Waals surface area contributed by atoms with Crippen LogP contribution in [-0.4, -0.2) is 29.5 Å². The number of nitrogens with zero attached hydrogens (tertiary/aromatic N) is 1. The Hall–Kier alpha value is -2.36. The van der Waals surface area contributed by atoms with Crippen LogP contribution in [0.5, 0.6) is 0 Å². The molecule has 0 amide bonds. The van der Waals surface area contributed by atoms with Crippen molar-refractivity contribution in [2.45, 2.75) is 29.6 Å². The number of ether oxygens (including phenoxy) is 1. The predicted molar refractivity (Wildman–Crippen MR) is 151 cm³/mol. The molecule has 0 saturated carbocycles. The second-order valence-electron chi connectivity index (χ2n) is 8.17. The molecule has 1 N–H and O–H groups in total. The summed E-state index contributed by atoms with van der Waals surface area (Å²) in [6.07, 6.45) is 7.88. The van der Waals surface area contributed by atoms with Crippen molar-refractivity contribution in [3.05, 3.63) is 83.5 Å². The van der Waals surface area contributed by atoms with Crippen LogP contribution in [0.4, 0.5) is 20.2 Å². The van der Waals surface area contributed by atoms with Crippen LogP contribution in [0.1, 0.15) is 25.3 Å². The van der Waals surface area contributed by atoms with Crippen molar-refractivity contribution in [1.29, 1.82) is 0 Å². The van der Waals surface area contributed by atoms with Crippen molar-refractivity contribution in [3.8, 4) is 0 Å². The number of alkyl halides is 2. The van der Waals surface area contributed by atoms with Crippen molar-refractivity contribution in [1.82, 2.24) is 0 Å². The molecular weight excluding hydrogens is 519 g/mol. The van der Waals surface area contributed by atoms with E-state index in [0.29, 0.717) is 28.0 Å². The summed E-state index contributed by atoms with van der Waals surface area (Å²) in [6, 6.07) is 12.2. The van der Waals surface area contributed by atoms with Gasteiger partial charge in [-0.05, 0) is 61.1 Å². The Morgan fingerprint density at radius 1 is 1.31 bits per heavy atom. The highest BCUT2D eigenvalue weighted by Gasteiger charge is 2.19. The zero-order chi connectivity index (χ0) is 26.1. The molecule has 2 aromatic carbocycles. The number of hydrogen-bond acceptors (Lipinski definition) is 5. The molecule has 36 heavy (non-hydrogen) atoms. The van der Waals surface area contributed by atoms with Gasteiger partial charge in [0.25, 0.3) is 6.43 Å². The summed E-state index contributed by atoms with van der Waals surface area (Å²) in [7, 11) is 0.181. The maximum absolute atomic E-state index is 13.0. The normalized spacial score (nSPS) is 18.7. The second kappa shape index (κ2) is 13.8. The van der Waals surface area contributed by atoms with Crippen molar-refractivity contribution >= 4 is 52.1 Å². The zero-order valence-electron chi connectivity index (χ0n) is 20.4. The van der Waals surface area contributed by atoms with Gasteiger partial charge in [0.15, 0.2) is 0 Å². The highest BCUT2D eigenvalue weighted by atomic mass is 32.2. The first-order valence-electron chi connectivity index (χ1n) is 11.3. The number of methoxy groups -OCH3 is 1. The SMILES string of the molecule is C=C(OC)C1C=C(S(=O)Nc2ccc(SCC=Nc3cc(C(F)F)ccc3SC)cc2)C=CC(C)C1. The number of aliphatic imine (C=N–C) groups is 1. The maximum atomic E-state index is 13.0. The van der Waals surface area contributed by atoms with Gasteiger partial charge in [0.1, 0.15) is 11.0 Å². The molecule has 3 unspecified atom stereocenters. The van der Waals surface area contributed by atoms with Gasteiger partial charge in [-0.1, -0.05) is 31.7 Å². The fourth-order valence-corrected chi connectivity index (χ4v) is 5.71. The summed E-state index contributed by atoms with van der Waals surface area (Å²) >= 11 is 3.05.